The van der Waals surface area contributed by atoms with Gasteiger partial charge in [-0.2, -0.15) is 0 Å². The van der Waals surface area contributed by atoms with Crippen LogP contribution in [0.5, 0.6) is 11.5 Å². The Labute approximate surface area is 155 Å². The zero-order valence-corrected chi connectivity index (χ0v) is 15.5. The van der Waals surface area contributed by atoms with Crippen LogP contribution in [-0.4, -0.2) is 22.9 Å². The lowest BCUT2D eigenvalue weighted by Gasteiger charge is -2.13. The molecule has 0 spiro atoms. The number of carbonyl (C=O) groups excluding carboxylic acids is 1. The number of benzene rings is 2. The van der Waals surface area contributed by atoms with E-state index in [9.17, 15) is 4.79 Å². The second-order valence-corrected chi connectivity index (χ2v) is 7.17. The first-order valence-electron chi connectivity index (χ1n) is 7.61. The smallest absolute Gasteiger partial charge is 0.244 e. The van der Waals surface area contributed by atoms with Crippen LogP contribution in [0.2, 0.25) is 0 Å². The largest absolute Gasteiger partial charge is 0.493 e. The van der Waals surface area contributed by atoms with Gasteiger partial charge in [-0.15, -0.1) is 11.8 Å². The Morgan fingerprint density at radius 1 is 1.16 bits per heavy atom. The van der Waals surface area contributed by atoms with Crippen LogP contribution in [-0.2, 0) is 11.4 Å². The van der Waals surface area contributed by atoms with Crippen molar-refractivity contribution in [2.24, 2.45) is 4.99 Å². The van der Waals surface area contributed by atoms with Gasteiger partial charge >= 0.3 is 0 Å². The van der Waals surface area contributed by atoms with Crippen molar-refractivity contribution in [2.75, 3.05) is 13.4 Å². The molecule has 1 aliphatic rings. The third kappa shape index (κ3) is 4.27. The molecule has 0 aliphatic carbocycles. The van der Waals surface area contributed by atoms with Gasteiger partial charge in [0.2, 0.25) is 5.12 Å². The van der Waals surface area contributed by atoms with Gasteiger partial charge in [-0.25, -0.2) is 4.99 Å². The molecule has 0 unspecified atom stereocenters. The number of nitrogens with zero attached hydrogens (tertiary/aromatic N) is 1. The Morgan fingerprint density at radius 3 is 2.64 bits per heavy atom. The molecule has 0 saturated carbocycles. The Kier molecular flexibility index (Phi) is 5.83. The van der Waals surface area contributed by atoms with Gasteiger partial charge in [0.15, 0.2) is 11.5 Å². The fourth-order valence-electron chi connectivity index (χ4n) is 2.32. The number of hydrogen-bond donors (Lipinski definition) is 0. The Bertz CT molecular complexity index is 832. The molecule has 6 heteroatoms. The minimum absolute atomic E-state index is 0.0545. The minimum Gasteiger partial charge on any atom is -0.493 e. The van der Waals surface area contributed by atoms with Crippen LogP contribution in [0.3, 0.4) is 0 Å². The fourth-order valence-corrected chi connectivity index (χ4v) is 3.58. The molecular formula is C19H17NO3S2. The van der Waals surface area contributed by atoms with E-state index in [0.29, 0.717) is 23.8 Å². The van der Waals surface area contributed by atoms with E-state index in [2.05, 4.69) is 4.99 Å². The maximum absolute atomic E-state index is 12.1. The first-order valence-corrected chi connectivity index (χ1v) is 9.65. The first kappa shape index (κ1) is 17.6. The SMILES string of the molecule is COc1cccc(C=C2N=C(SC)SC2=O)c1OCc1ccccc1. The number of ether oxygens (including phenoxy) is 2. The van der Waals surface area contributed by atoms with E-state index >= 15 is 0 Å². The highest BCUT2D eigenvalue weighted by Gasteiger charge is 2.22. The molecule has 0 bridgehead atoms. The van der Waals surface area contributed by atoms with Gasteiger partial charge in [0, 0.05) is 5.56 Å². The monoisotopic (exact) mass is 371 g/mol. The summed E-state index contributed by atoms with van der Waals surface area (Å²) in [4.78, 5) is 16.4. The predicted molar refractivity (Wildman–Crippen MR) is 105 cm³/mol. The van der Waals surface area contributed by atoms with Gasteiger partial charge < -0.3 is 9.47 Å². The molecule has 0 N–H and O–H groups in total. The number of rotatable bonds is 5. The zero-order chi connectivity index (χ0) is 17.6. The molecule has 2 aromatic rings. The van der Waals surface area contributed by atoms with Crippen LogP contribution < -0.4 is 9.47 Å². The van der Waals surface area contributed by atoms with Crippen LogP contribution in [0.4, 0.5) is 0 Å². The van der Waals surface area contributed by atoms with Crippen molar-refractivity contribution in [1.29, 1.82) is 0 Å². The van der Waals surface area contributed by atoms with Crippen LogP contribution >= 0.6 is 23.5 Å². The van der Waals surface area contributed by atoms with Crippen molar-refractivity contribution < 1.29 is 14.3 Å². The zero-order valence-electron chi connectivity index (χ0n) is 13.9. The summed E-state index contributed by atoms with van der Waals surface area (Å²) in [5.41, 5.74) is 2.25. The van der Waals surface area contributed by atoms with E-state index < -0.39 is 0 Å². The highest BCUT2D eigenvalue weighted by Crippen LogP contribution is 2.36. The average Bonchev–Trinajstić information content (AvgIpc) is 3.01. The number of methoxy groups -OCH3 is 1. The summed E-state index contributed by atoms with van der Waals surface area (Å²) in [6.45, 7) is 0.416. The molecule has 2 aromatic carbocycles. The minimum atomic E-state index is -0.0545. The number of thioether (sulfide) groups is 2. The van der Waals surface area contributed by atoms with Crippen molar-refractivity contribution in [2.45, 2.75) is 6.61 Å². The highest BCUT2D eigenvalue weighted by molar-refractivity contribution is 8.45. The van der Waals surface area contributed by atoms with E-state index in [4.69, 9.17) is 9.47 Å². The lowest BCUT2D eigenvalue weighted by molar-refractivity contribution is -0.107. The maximum Gasteiger partial charge on any atom is 0.244 e. The van der Waals surface area contributed by atoms with E-state index in [-0.39, 0.29) is 5.12 Å². The molecule has 4 nitrogen and oxygen atoms in total. The van der Waals surface area contributed by atoms with Crippen LogP contribution in [0, 0.1) is 0 Å². The van der Waals surface area contributed by atoms with Crippen molar-refractivity contribution >= 4 is 39.1 Å². The van der Waals surface area contributed by atoms with E-state index in [1.165, 1.54) is 11.8 Å². The normalized spacial score (nSPS) is 15.4. The van der Waals surface area contributed by atoms with Gasteiger partial charge in [-0.05, 0) is 35.7 Å². The van der Waals surface area contributed by atoms with Gasteiger partial charge in [-0.1, -0.05) is 42.5 Å². The molecule has 0 fully saturated rings. The van der Waals surface area contributed by atoms with E-state index in [1.54, 1.807) is 13.2 Å². The molecule has 0 saturated heterocycles. The standard InChI is InChI=1S/C19H17NO3S2/c1-22-16-10-6-9-14(11-15-18(21)25-19(20-15)24-2)17(16)23-12-13-7-4-3-5-8-13/h3-11H,12H2,1-2H3. The Balaban J connectivity index is 1.92. The molecule has 0 amide bonds. The highest BCUT2D eigenvalue weighted by atomic mass is 32.2. The molecule has 0 aromatic heterocycles. The Morgan fingerprint density at radius 2 is 1.96 bits per heavy atom. The second kappa shape index (κ2) is 8.27. The van der Waals surface area contributed by atoms with Crippen molar-refractivity contribution in [3.8, 4) is 11.5 Å². The summed E-state index contributed by atoms with van der Waals surface area (Å²) < 4.78 is 12.2. The third-order valence-corrected chi connectivity index (χ3v) is 5.37. The summed E-state index contributed by atoms with van der Waals surface area (Å²) in [5.74, 6) is 1.23. The van der Waals surface area contributed by atoms with Gasteiger partial charge in [0.05, 0.1) is 7.11 Å². The number of aliphatic imine (C=N–C) groups is 1. The fraction of sp³-hybridized carbons (Fsp3) is 0.158. The van der Waals surface area contributed by atoms with Crippen molar-refractivity contribution in [3.63, 3.8) is 0 Å². The summed E-state index contributed by atoms with van der Waals surface area (Å²) in [5, 5.41) is -0.0545. The lowest BCUT2D eigenvalue weighted by Crippen LogP contribution is -2.00. The van der Waals surface area contributed by atoms with Crippen molar-refractivity contribution in [3.05, 3.63) is 65.4 Å². The lowest BCUT2D eigenvalue weighted by atomic mass is 10.1. The van der Waals surface area contributed by atoms with Crippen LogP contribution in [0.25, 0.3) is 6.08 Å². The van der Waals surface area contributed by atoms with E-state index in [1.807, 2.05) is 54.8 Å². The third-order valence-electron chi connectivity index (χ3n) is 3.52. The molecule has 25 heavy (non-hydrogen) atoms. The molecular weight excluding hydrogens is 354 g/mol. The van der Waals surface area contributed by atoms with Crippen LogP contribution in [0.1, 0.15) is 11.1 Å². The first-order chi connectivity index (χ1) is 12.2. The summed E-state index contributed by atoms with van der Waals surface area (Å²) in [6.07, 6.45) is 3.66. The molecule has 3 rings (SSSR count). The van der Waals surface area contributed by atoms with Gasteiger partial charge in [0.1, 0.15) is 16.7 Å². The molecule has 0 atom stereocenters. The molecule has 0 radical (unpaired) electrons. The van der Waals surface area contributed by atoms with E-state index in [0.717, 1.165) is 27.3 Å². The summed E-state index contributed by atoms with van der Waals surface area (Å²) in [6, 6.07) is 15.5. The number of para-hydroxylation sites is 1. The van der Waals surface area contributed by atoms with Gasteiger partial charge in [0.25, 0.3) is 0 Å². The van der Waals surface area contributed by atoms with Crippen LogP contribution in [0.15, 0.2) is 59.2 Å². The Hall–Kier alpha value is -2.18. The number of carbonyl (C=O) groups is 1. The molecule has 128 valence electrons. The van der Waals surface area contributed by atoms with Crippen molar-refractivity contribution in [1.82, 2.24) is 0 Å². The summed E-state index contributed by atoms with van der Waals surface area (Å²) in [7, 11) is 1.60. The molecule has 1 aliphatic heterocycles. The second-order valence-electron chi connectivity index (χ2n) is 5.15. The topological polar surface area (TPSA) is 47.9 Å². The summed E-state index contributed by atoms with van der Waals surface area (Å²) >= 11 is 2.62. The average molecular weight is 371 g/mol. The maximum atomic E-state index is 12.1. The van der Waals surface area contributed by atoms with Gasteiger partial charge in [-0.3, -0.25) is 4.79 Å². The number of hydrogen-bond acceptors (Lipinski definition) is 6. The predicted octanol–water partition coefficient (Wildman–Crippen LogP) is 4.61. The quantitative estimate of drug-likeness (QED) is 0.719. The molecule has 1 heterocycles.